The van der Waals surface area contributed by atoms with Gasteiger partial charge in [0.1, 0.15) is 11.6 Å². The van der Waals surface area contributed by atoms with Crippen LogP contribution in [0.1, 0.15) is 5.82 Å². The molecule has 0 aliphatic carbocycles. The fourth-order valence-electron chi connectivity index (χ4n) is 1.55. The molecule has 0 radical (unpaired) electrons. The van der Waals surface area contributed by atoms with Crippen LogP contribution in [0.25, 0.3) is 10.9 Å². The minimum absolute atomic E-state index is 0.127. The van der Waals surface area contributed by atoms with Crippen molar-refractivity contribution in [2.75, 3.05) is 14.2 Å². The molecule has 2 aromatic rings. The summed E-state index contributed by atoms with van der Waals surface area (Å²) in [7, 11) is 3.39. The Balaban J connectivity index is 2.63. The average Bonchev–Trinajstić information content (AvgIpc) is 2.28. The normalized spacial score (nSPS) is 10.6. The summed E-state index contributed by atoms with van der Waals surface area (Å²) in [6.45, 7) is 0.530. The summed E-state index contributed by atoms with van der Waals surface area (Å²) >= 11 is 0. The third kappa shape index (κ3) is 1.90. The maximum atomic E-state index is 11.7. The molecule has 1 aromatic heterocycles. The van der Waals surface area contributed by atoms with Gasteiger partial charge in [-0.05, 0) is 19.2 Å². The van der Waals surface area contributed by atoms with E-state index in [9.17, 15) is 4.79 Å². The van der Waals surface area contributed by atoms with Crippen LogP contribution in [0.5, 0.6) is 5.75 Å². The molecule has 0 saturated carbocycles. The molecule has 0 amide bonds. The van der Waals surface area contributed by atoms with Gasteiger partial charge in [-0.25, -0.2) is 4.98 Å². The predicted molar refractivity (Wildman–Crippen MR) is 61.7 cm³/mol. The van der Waals surface area contributed by atoms with Crippen LogP contribution < -0.4 is 15.6 Å². The molecular formula is C11H13N3O2. The Hall–Kier alpha value is -1.88. The quantitative estimate of drug-likeness (QED) is 0.795. The molecule has 0 aliphatic rings. The Kier molecular flexibility index (Phi) is 2.87. The van der Waals surface area contributed by atoms with Crippen LogP contribution in [0.15, 0.2) is 23.0 Å². The molecule has 5 heteroatoms. The number of nitrogens with zero attached hydrogens (tertiary/aromatic N) is 1. The summed E-state index contributed by atoms with van der Waals surface area (Å²) in [6, 6.07) is 5.21. The van der Waals surface area contributed by atoms with Crippen molar-refractivity contribution in [1.82, 2.24) is 15.3 Å². The highest BCUT2D eigenvalue weighted by molar-refractivity contribution is 5.78. The lowest BCUT2D eigenvalue weighted by molar-refractivity contribution is 0.415. The molecule has 1 aromatic carbocycles. The number of ether oxygens (including phenoxy) is 1. The van der Waals surface area contributed by atoms with E-state index in [0.717, 1.165) is 0 Å². The number of aromatic amines is 1. The van der Waals surface area contributed by atoms with Gasteiger partial charge in [0.2, 0.25) is 0 Å². The molecule has 16 heavy (non-hydrogen) atoms. The summed E-state index contributed by atoms with van der Waals surface area (Å²) < 4.78 is 5.09. The SMILES string of the molecule is CNCc1nc2cc(OC)ccc2c(=O)[nH]1. The fourth-order valence-corrected chi connectivity index (χ4v) is 1.55. The van der Waals surface area contributed by atoms with Gasteiger partial charge in [-0.2, -0.15) is 0 Å². The van der Waals surface area contributed by atoms with Crippen molar-refractivity contribution in [2.45, 2.75) is 6.54 Å². The molecule has 0 unspecified atom stereocenters. The number of benzene rings is 1. The molecule has 5 nitrogen and oxygen atoms in total. The van der Waals surface area contributed by atoms with Crippen molar-refractivity contribution < 1.29 is 4.74 Å². The lowest BCUT2D eigenvalue weighted by Gasteiger charge is -2.04. The van der Waals surface area contributed by atoms with E-state index >= 15 is 0 Å². The van der Waals surface area contributed by atoms with E-state index < -0.39 is 0 Å². The molecular weight excluding hydrogens is 206 g/mol. The molecule has 0 fully saturated rings. The zero-order valence-corrected chi connectivity index (χ0v) is 9.20. The van der Waals surface area contributed by atoms with Crippen LogP contribution in [0.2, 0.25) is 0 Å². The van der Waals surface area contributed by atoms with Gasteiger partial charge < -0.3 is 15.0 Å². The van der Waals surface area contributed by atoms with Gasteiger partial charge in [-0.3, -0.25) is 4.79 Å². The van der Waals surface area contributed by atoms with E-state index in [-0.39, 0.29) is 5.56 Å². The minimum atomic E-state index is -0.127. The first-order chi connectivity index (χ1) is 7.74. The first kappa shape index (κ1) is 10.6. The van der Waals surface area contributed by atoms with E-state index in [4.69, 9.17) is 4.74 Å². The lowest BCUT2D eigenvalue weighted by Crippen LogP contribution is -2.16. The van der Waals surface area contributed by atoms with Gasteiger partial charge in [0, 0.05) is 6.07 Å². The van der Waals surface area contributed by atoms with Crippen molar-refractivity contribution in [3.8, 4) is 5.75 Å². The van der Waals surface area contributed by atoms with E-state index in [0.29, 0.717) is 29.0 Å². The second-order valence-corrected chi connectivity index (χ2v) is 3.43. The molecule has 0 atom stereocenters. The Morgan fingerprint density at radius 2 is 2.31 bits per heavy atom. The zero-order chi connectivity index (χ0) is 11.5. The maximum absolute atomic E-state index is 11.7. The summed E-state index contributed by atoms with van der Waals surface area (Å²) in [5.74, 6) is 1.31. The maximum Gasteiger partial charge on any atom is 0.258 e. The Bertz CT molecular complexity index is 563. The molecule has 0 aliphatic heterocycles. The Labute approximate surface area is 92.5 Å². The smallest absolute Gasteiger partial charge is 0.258 e. The second kappa shape index (κ2) is 4.32. The first-order valence-corrected chi connectivity index (χ1v) is 4.96. The molecule has 0 spiro atoms. The Morgan fingerprint density at radius 3 is 3.00 bits per heavy atom. The van der Waals surface area contributed by atoms with Crippen LogP contribution in [0.4, 0.5) is 0 Å². The molecule has 84 valence electrons. The average molecular weight is 219 g/mol. The number of nitrogens with one attached hydrogen (secondary N) is 2. The largest absolute Gasteiger partial charge is 0.497 e. The zero-order valence-electron chi connectivity index (χ0n) is 9.20. The molecule has 2 N–H and O–H groups in total. The standard InChI is InChI=1S/C11H13N3O2/c1-12-6-10-13-9-5-7(16-2)3-4-8(9)11(15)14-10/h3-5,12H,6H2,1-2H3,(H,13,14,15). The van der Waals surface area contributed by atoms with Gasteiger partial charge in [0.25, 0.3) is 5.56 Å². The summed E-state index contributed by atoms with van der Waals surface area (Å²) in [5, 5.41) is 3.51. The van der Waals surface area contributed by atoms with Crippen molar-refractivity contribution in [3.63, 3.8) is 0 Å². The number of aromatic nitrogens is 2. The third-order valence-electron chi connectivity index (χ3n) is 2.31. The monoisotopic (exact) mass is 219 g/mol. The van der Waals surface area contributed by atoms with Crippen LogP contribution in [-0.2, 0) is 6.54 Å². The van der Waals surface area contributed by atoms with Crippen molar-refractivity contribution in [2.24, 2.45) is 0 Å². The highest BCUT2D eigenvalue weighted by atomic mass is 16.5. The van der Waals surface area contributed by atoms with Crippen molar-refractivity contribution in [1.29, 1.82) is 0 Å². The molecule has 2 rings (SSSR count). The number of hydrogen-bond acceptors (Lipinski definition) is 4. The summed E-state index contributed by atoms with van der Waals surface area (Å²) in [6.07, 6.45) is 0. The number of fused-ring (bicyclic) bond motifs is 1. The molecule has 1 heterocycles. The second-order valence-electron chi connectivity index (χ2n) is 3.43. The fraction of sp³-hybridized carbons (Fsp3) is 0.273. The van der Waals surface area contributed by atoms with Crippen molar-refractivity contribution >= 4 is 10.9 Å². The van der Waals surface area contributed by atoms with E-state index in [1.165, 1.54) is 0 Å². The van der Waals surface area contributed by atoms with Gasteiger partial charge >= 0.3 is 0 Å². The van der Waals surface area contributed by atoms with Gasteiger partial charge in [-0.15, -0.1) is 0 Å². The van der Waals surface area contributed by atoms with E-state index in [1.807, 2.05) is 0 Å². The minimum Gasteiger partial charge on any atom is -0.497 e. The van der Waals surface area contributed by atoms with Crippen LogP contribution in [0.3, 0.4) is 0 Å². The van der Waals surface area contributed by atoms with Gasteiger partial charge in [0.15, 0.2) is 0 Å². The van der Waals surface area contributed by atoms with Crippen LogP contribution >= 0.6 is 0 Å². The Morgan fingerprint density at radius 1 is 1.50 bits per heavy atom. The van der Waals surface area contributed by atoms with Gasteiger partial charge in [0.05, 0.1) is 24.6 Å². The van der Waals surface area contributed by atoms with Crippen LogP contribution in [-0.4, -0.2) is 24.1 Å². The summed E-state index contributed by atoms with van der Waals surface area (Å²) in [4.78, 5) is 18.8. The molecule has 0 bridgehead atoms. The number of H-pyrrole nitrogens is 1. The number of rotatable bonds is 3. The third-order valence-corrected chi connectivity index (χ3v) is 2.31. The topological polar surface area (TPSA) is 67.0 Å². The van der Waals surface area contributed by atoms with Crippen molar-refractivity contribution in [3.05, 3.63) is 34.4 Å². The molecule has 0 saturated heterocycles. The lowest BCUT2D eigenvalue weighted by atomic mass is 10.2. The first-order valence-electron chi connectivity index (χ1n) is 4.96. The van der Waals surface area contributed by atoms with E-state index in [1.54, 1.807) is 32.4 Å². The number of hydrogen-bond donors (Lipinski definition) is 2. The number of methoxy groups -OCH3 is 1. The summed E-state index contributed by atoms with van der Waals surface area (Å²) in [5.41, 5.74) is 0.520. The highest BCUT2D eigenvalue weighted by Crippen LogP contribution is 2.15. The van der Waals surface area contributed by atoms with Crippen LogP contribution in [0, 0.1) is 0 Å². The predicted octanol–water partition coefficient (Wildman–Crippen LogP) is 0.651. The van der Waals surface area contributed by atoms with Gasteiger partial charge in [-0.1, -0.05) is 0 Å². The van der Waals surface area contributed by atoms with E-state index in [2.05, 4.69) is 15.3 Å². The highest BCUT2D eigenvalue weighted by Gasteiger charge is 2.04.